The monoisotopic (exact) mass is 265 g/mol. The molecule has 2 fully saturated rings. The summed E-state index contributed by atoms with van der Waals surface area (Å²) in [5, 5.41) is 3.28. The van der Waals surface area contributed by atoms with Crippen LogP contribution in [0.25, 0.3) is 0 Å². The third-order valence-electron chi connectivity index (χ3n) is 2.71. The minimum atomic E-state index is 0. The number of rotatable bonds is 0. The molecule has 1 heterocycles. The van der Waals surface area contributed by atoms with Crippen molar-refractivity contribution in [2.24, 2.45) is 0 Å². The molecule has 2 rings (SSSR count). The normalized spacial score (nSPS) is 16.7. The Balaban J connectivity index is -0.0000000787. The molecule has 0 aromatic rings. The molecule has 0 atom stereocenters. The molecule has 1 saturated carbocycles. The summed E-state index contributed by atoms with van der Waals surface area (Å²) in [7, 11) is 0. The Bertz CT molecular complexity index is 57.5. The molecular weight excluding hydrogens is 226 g/mol. The van der Waals surface area contributed by atoms with Gasteiger partial charge in [0.2, 0.25) is 0 Å². The maximum absolute atomic E-state index is 3.28. The van der Waals surface area contributed by atoms with Crippen molar-refractivity contribution in [2.75, 3.05) is 13.1 Å². The van der Waals surface area contributed by atoms with Gasteiger partial charge in [0.25, 0.3) is 0 Å². The molecule has 2 aliphatic rings. The summed E-state index contributed by atoms with van der Waals surface area (Å²) in [5.41, 5.74) is 0. The van der Waals surface area contributed by atoms with Crippen molar-refractivity contribution in [3.8, 4) is 0 Å². The van der Waals surface area contributed by atoms with Crippen LogP contribution in [0.2, 0.25) is 0 Å². The van der Waals surface area contributed by atoms with Gasteiger partial charge in [0.05, 0.1) is 0 Å². The Morgan fingerprint density at radius 2 is 0.667 bits per heavy atom. The smallest absolute Gasteiger partial charge is 0.00489 e. The molecule has 0 bridgehead atoms. The van der Waals surface area contributed by atoms with Gasteiger partial charge in [-0.05, 0) is 25.9 Å². The molecule has 18 heavy (non-hydrogen) atoms. The van der Waals surface area contributed by atoms with Crippen LogP contribution in [-0.4, -0.2) is 24.0 Å². The summed E-state index contributed by atoms with van der Waals surface area (Å²) in [6, 6.07) is 0. The molecule has 0 aromatic carbocycles. The quantitative estimate of drug-likeness (QED) is 0.715. The lowest BCUT2D eigenvalue weighted by atomic mass is 10.0. The van der Waals surface area contributed by atoms with Crippen LogP contribution in [0.15, 0.2) is 0 Å². The summed E-state index contributed by atoms with van der Waals surface area (Å²) in [4.78, 5) is 0. The topological polar surface area (TPSA) is 75.0 Å². The van der Waals surface area contributed by atoms with E-state index in [0.717, 1.165) is 0 Å². The first-order valence-corrected chi connectivity index (χ1v) is 7.71. The molecule has 3 heteroatoms. The van der Waals surface area contributed by atoms with Crippen LogP contribution >= 0.6 is 0 Å². The van der Waals surface area contributed by atoms with Crippen molar-refractivity contribution in [1.29, 1.82) is 0 Å². The highest BCUT2D eigenvalue weighted by atomic mass is 16.0. The van der Waals surface area contributed by atoms with Crippen molar-refractivity contribution in [3.05, 3.63) is 0 Å². The molecule has 0 spiro atoms. The first-order valence-electron chi connectivity index (χ1n) is 7.71. The van der Waals surface area contributed by atoms with Crippen LogP contribution in [0.4, 0.5) is 0 Å². The van der Waals surface area contributed by atoms with Crippen molar-refractivity contribution in [2.45, 2.75) is 85.5 Å². The van der Waals surface area contributed by atoms with E-state index in [1.54, 1.807) is 0 Å². The van der Waals surface area contributed by atoms with E-state index in [2.05, 4.69) is 5.32 Å². The number of hydrogen-bond acceptors (Lipinski definition) is 1. The van der Waals surface area contributed by atoms with Crippen LogP contribution < -0.4 is 5.32 Å². The van der Waals surface area contributed by atoms with E-state index in [9.17, 15) is 0 Å². The van der Waals surface area contributed by atoms with E-state index >= 15 is 0 Å². The third kappa shape index (κ3) is 24.9. The molecule has 116 valence electrons. The molecule has 5 N–H and O–H groups in total. The SMILES string of the molecule is C1CCCCC1.C1CCNCC1.CC.CC.O.O. The van der Waals surface area contributed by atoms with Gasteiger partial charge in [0.15, 0.2) is 0 Å². The fourth-order valence-electron chi connectivity index (χ4n) is 1.86. The maximum atomic E-state index is 3.28. The van der Waals surface area contributed by atoms with E-state index in [1.807, 2.05) is 27.7 Å². The Morgan fingerprint density at radius 1 is 0.444 bits per heavy atom. The molecule has 3 nitrogen and oxygen atoms in total. The van der Waals surface area contributed by atoms with Crippen molar-refractivity contribution in [3.63, 3.8) is 0 Å². The van der Waals surface area contributed by atoms with Gasteiger partial charge in [0.1, 0.15) is 0 Å². The Hall–Kier alpha value is -0.120. The first kappa shape index (κ1) is 26.4. The van der Waals surface area contributed by atoms with E-state index in [-0.39, 0.29) is 11.0 Å². The Morgan fingerprint density at radius 3 is 0.778 bits per heavy atom. The number of nitrogens with one attached hydrogen (secondary N) is 1. The zero-order valence-electron chi connectivity index (χ0n) is 13.3. The lowest BCUT2D eigenvalue weighted by Crippen LogP contribution is -2.21. The van der Waals surface area contributed by atoms with Crippen molar-refractivity contribution >= 4 is 0 Å². The predicted molar refractivity (Wildman–Crippen MR) is 84.3 cm³/mol. The minimum Gasteiger partial charge on any atom is -0.412 e. The average molecular weight is 265 g/mol. The molecule has 1 saturated heterocycles. The second-order valence-corrected chi connectivity index (χ2v) is 3.93. The summed E-state index contributed by atoms with van der Waals surface area (Å²) in [6.07, 6.45) is 13.2. The Labute approximate surface area is 115 Å². The number of hydrogen-bond donors (Lipinski definition) is 1. The maximum Gasteiger partial charge on any atom is -0.00489 e. The zero-order chi connectivity index (χ0) is 12.5. The van der Waals surface area contributed by atoms with E-state index in [0.29, 0.717) is 0 Å². The third-order valence-corrected chi connectivity index (χ3v) is 2.71. The molecule has 0 amide bonds. The summed E-state index contributed by atoms with van der Waals surface area (Å²) in [6.45, 7) is 10.5. The van der Waals surface area contributed by atoms with Gasteiger partial charge in [-0.1, -0.05) is 72.6 Å². The fourth-order valence-corrected chi connectivity index (χ4v) is 1.86. The molecule has 0 unspecified atom stereocenters. The highest BCUT2D eigenvalue weighted by Gasteiger charge is 1.95. The fraction of sp³-hybridized carbons (Fsp3) is 1.00. The zero-order valence-corrected chi connectivity index (χ0v) is 13.3. The molecule has 0 radical (unpaired) electrons. The highest BCUT2D eigenvalue weighted by molar-refractivity contribution is 4.55. The molecule has 1 aliphatic heterocycles. The van der Waals surface area contributed by atoms with Gasteiger partial charge >= 0.3 is 0 Å². The summed E-state index contributed by atoms with van der Waals surface area (Å²) in [5.74, 6) is 0. The lowest BCUT2D eigenvalue weighted by Gasteiger charge is -2.08. The van der Waals surface area contributed by atoms with Gasteiger partial charge in [-0.2, -0.15) is 0 Å². The van der Waals surface area contributed by atoms with Gasteiger partial charge in [-0.3, -0.25) is 0 Å². The summed E-state index contributed by atoms with van der Waals surface area (Å²) >= 11 is 0. The lowest BCUT2D eigenvalue weighted by molar-refractivity contribution is 0.504. The van der Waals surface area contributed by atoms with Gasteiger partial charge in [-0.25, -0.2) is 0 Å². The van der Waals surface area contributed by atoms with Crippen LogP contribution in [0, 0.1) is 0 Å². The van der Waals surface area contributed by atoms with Gasteiger partial charge in [-0.15, -0.1) is 0 Å². The average Bonchev–Trinajstić information content (AvgIpc) is 2.48. The molecular formula is C15H39NO2. The van der Waals surface area contributed by atoms with Crippen LogP contribution in [0.1, 0.15) is 85.5 Å². The van der Waals surface area contributed by atoms with Crippen molar-refractivity contribution in [1.82, 2.24) is 5.32 Å². The second-order valence-electron chi connectivity index (χ2n) is 3.93. The van der Waals surface area contributed by atoms with Crippen molar-refractivity contribution < 1.29 is 11.0 Å². The summed E-state index contributed by atoms with van der Waals surface area (Å²) < 4.78 is 0. The van der Waals surface area contributed by atoms with E-state index < -0.39 is 0 Å². The minimum absolute atomic E-state index is 0. The highest BCUT2D eigenvalue weighted by Crippen LogP contribution is 2.15. The van der Waals surface area contributed by atoms with Crippen LogP contribution in [0.5, 0.6) is 0 Å². The predicted octanol–water partition coefficient (Wildman–Crippen LogP) is 3.50. The van der Waals surface area contributed by atoms with E-state index in [1.165, 1.54) is 70.9 Å². The van der Waals surface area contributed by atoms with Gasteiger partial charge < -0.3 is 16.3 Å². The van der Waals surface area contributed by atoms with Gasteiger partial charge in [0, 0.05) is 0 Å². The first-order chi connectivity index (χ1) is 8.00. The number of piperidine rings is 1. The second kappa shape index (κ2) is 30.2. The molecule has 0 aromatic heterocycles. The van der Waals surface area contributed by atoms with Crippen LogP contribution in [-0.2, 0) is 0 Å². The molecule has 1 aliphatic carbocycles. The Kier molecular flexibility index (Phi) is 44.3. The van der Waals surface area contributed by atoms with E-state index in [4.69, 9.17) is 0 Å². The largest absolute Gasteiger partial charge is 0.412 e. The van der Waals surface area contributed by atoms with Crippen LogP contribution in [0.3, 0.4) is 0 Å². The standard InChI is InChI=1S/C6H12.C5H11N.2C2H6.2H2O/c2*1-2-4-6-5-3-1;2*1-2;;/h1-6H2;6H,1-5H2;2*1-2H3;2*1H2.